The molecule has 0 bridgehead atoms. The fourth-order valence-electron chi connectivity index (χ4n) is 3.73. The topological polar surface area (TPSA) is 55.4 Å². The predicted molar refractivity (Wildman–Crippen MR) is 135 cm³/mol. The summed E-state index contributed by atoms with van der Waals surface area (Å²) in [6, 6.07) is 15.4. The summed E-state index contributed by atoms with van der Waals surface area (Å²) in [7, 11) is 1.67. The molecule has 0 atom stereocenters. The summed E-state index contributed by atoms with van der Waals surface area (Å²) < 4.78 is 11.9. The van der Waals surface area contributed by atoms with Crippen LogP contribution in [0.5, 0.6) is 5.75 Å². The fraction of sp³-hybridized carbons (Fsp3) is 0.240. The molecule has 2 aromatic carbocycles. The van der Waals surface area contributed by atoms with Gasteiger partial charge < -0.3 is 4.74 Å². The van der Waals surface area contributed by atoms with Crippen LogP contribution in [0.15, 0.2) is 53.3 Å². The van der Waals surface area contributed by atoms with Gasteiger partial charge in [0, 0.05) is 25.4 Å². The average Bonchev–Trinajstić information content (AvgIpc) is 3.32. The summed E-state index contributed by atoms with van der Waals surface area (Å²) in [5, 5.41) is 1.06. The third-order valence-corrected chi connectivity index (χ3v) is 7.53. The Morgan fingerprint density at radius 2 is 1.91 bits per heavy atom. The molecule has 0 fully saturated rings. The predicted octanol–water partition coefficient (Wildman–Crippen LogP) is 3.08. The number of rotatable bonds is 6. The van der Waals surface area contributed by atoms with Crippen molar-refractivity contribution in [3.8, 4) is 5.75 Å². The highest BCUT2D eigenvalue weighted by molar-refractivity contribution is 7.19. The van der Waals surface area contributed by atoms with Gasteiger partial charge in [-0.2, -0.15) is 4.57 Å². The largest absolute Gasteiger partial charge is 0.497 e. The minimum Gasteiger partial charge on any atom is -0.497 e. The number of fused-ring (bicyclic) bond motifs is 1. The van der Waals surface area contributed by atoms with Crippen molar-refractivity contribution in [2.45, 2.75) is 33.9 Å². The van der Waals surface area contributed by atoms with Crippen LogP contribution in [0.25, 0.3) is 22.5 Å². The van der Waals surface area contributed by atoms with Gasteiger partial charge >= 0.3 is 0 Å². The van der Waals surface area contributed by atoms with E-state index in [0.29, 0.717) is 11.1 Å². The van der Waals surface area contributed by atoms with Gasteiger partial charge in [-0.3, -0.25) is 19.1 Å². The van der Waals surface area contributed by atoms with E-state index in [9.17, 15) is 9.59 Å². The highest BCUT2D eigenvalue weighted by Crippen LogP contribution is 2.25. The van der Waals surface area contributed by atoms with Gasteiger partial charge in [0.25, 0.3) is 10.6 Å². The number of ether oxygens (including phenoxy) is 1. The lowest BCUT2D eigenvalue weighted by Crippen LogP contribution is -2.35. The van der Waals surface area contributed by atoms with Crippen molar-refractivity contribution in [3.63, 3.8) is 0 Å². The normalized spacial score (nSPS) is 12.5. The van der Waals surface area contributed by atoms with E-state index in [-0.39, 0.29) is 11.5 Å². The third kappa shape index (κ3) is 4.49. The van der Waals surface area contributed by atoms with E-state index in [4.69, 9.17) is 4.74 Å². The van der Waals surface area contributed by atoms with Crippen molar-refractivity contribution >= 4 is 56.8 Å². The van der Waals surface area contributed by atoms with Crippen molar-refractivity contribution in [1.82, 2.24) is 4.57 Å². The number of carbonyl (C=O) groups is 1. The molecule has 0 aliphatic rings. The molecule has 8 heteroatoms. The molecule has 0 saturated heterocycles. The lowest BCUT2D eigenvalue weighted by molar-refractivity contribution is -0.665. The second-order valence-electron chi connectivity index (χ2n) is 7.37. The van der Waals surface area contributed by atoms with E-state index in [1.54, 1.807) is 29.2 Å². The fourth-order valence-corrected chi connectivity index (χ4v) is 6.02. The number of anilines is 1. The molecule has 0 spiro atoms. The number of nitrogens with zero attached hydrogens (tertiary/aromatic N) is 3. The summed E-state index contributed by atoms with van der Waals surface area (Å²) >= 11 is 3.08. The van der Waals surface area contributed by atoms with Gasteiger partial charge in [-0.05, 0) is 38.1 Å². The van der Waals surface area contributed by atoms with E-state index in [0.717, 1.165) is 37.9 Å². The Bertz CT molecular complexity index is 1480. The molecule has 170 valence electrons. The molecular weight excluding hydrogens is 454 g/mol. The van der Waals surface area contributed by atoms with Gasteiger partial charge in [-0.1, -0.05) is 29.5 Å². The van der Waals surface area contributed by atoms with Crippen LogP contribution in [0.3, 0.4) is 0 Å². The number of hydrogen-bond acceptors (Lipinski definition) is 5. The lowest BCUT2D eigenvalue weighted by atomic mass is 10.3. The molecule has 4 rings (SSSR count). The Morgan fingerprint density at radius 3 is 2.55 bits per heavy atom. The molecule has 0 aliphatic carbocycles. The monoisotopic (exact) mass is 480 g/mol. The lowest BCUT2D eigenvalue weighted by Gasteiger charge is -2.15. The molecule has 0 radical (unpaired) electrons. The number of thiazole rings is 2. The molecule has 6 nitrogen and oxygen atoms in total. The van der Waals surface area contributed by atoms with Gasteiger partial charge in [0.15, 0.2) is 0 Å². The summed E-state index contributed by atoms with van der Waals surface area (Å²) in [5.41, 5.74) is 1.74. The smallest absolute Gasteiger partial charge is 0.270 e. The second kappa shape index (κ2) is 9.72. The first-order valence-corrected chi connectivity index (χ1v) is 12.4. The number of carbonyl (C=O) groups excluding carboxylic acids is 1. The molecule has 0 aliphatic heterocycles. The molecular formula is C25H26N3O3S2+. The minimum atomic E-state index is -0.148. The first-order valence-electron chi connectivity index (χ1n) is 10.7. The van der Waals surface area contributed by atoms with Crippen molar-refractivity contribution in [3.05, 3.63) is 73.1 Å². The van der Waals surface area contributed by atoms with E-state index in [2.05, 4.69) is 23.6 Å². The van der Waals surface area contributed by atoms with Crippen molar-refractivity contribution in [2.24, 2.45) is 0 Å². The first kappa shape index (κ1) is 22.9. The second-order valence-corrected chi connectivity index (χ2v) is 9.49. The van der Waals surface area contributed by atoms with Gasteiger partial charge in [0.05, 0.1) is 19.3 Å². The van der Waals surface area contributed by atoms with Crippen LogP contribution in [0.1, 0.15) is 25.8 Å². The van der Waals surface area contributed by atoms with Crippen LogP contribution in [-0.2, 0) is 17.9 Å². The van der Waals surface area contributed by atoms with Crippen LogP contribution in [0, 0.1) is 0 Å². The van der Waals surface area contributed by atoms with Gasteiger partial charge in [-0.15, -0.1) is 11.3 Å². The van der Waals surface area contributed by atoms with Crippen molar-refractivity contribution in [2.75, 3.05) is 12.0 Å². The Morgan fingerprint density at radius 1 is 1.15 bits per heavy atom. The molecule has 0 saturated carbocycles. The van der Waals surface area contributed by atoms with Crippen LogP contribution >= 0.6 is 22.7 Å². The van der Waals surface area contributed by atoms with E-state index < -0.39 is 0 Å². The zero-order chi connectivity index (χ0) is 23.5. The van der Waals surface area contributed by atoms with E-state index in [1.807, 2.05) is 49.4 Å². The third-order valence-electron chi connectivity index (χ3n) is 5.37. The van der Waals surface area contributed by atoms with Crippen LogP contribution in [-0.4, -0.2) is 17.6 Å². The molecule has 1 amide bonds. The van der Waals surface area contributed by atoms with E-state index in [1.165, 1.54) is 23.2 Å². The van der Waals surface area contributed by atoms with Crippen molar-refractivity contribution in [1.29, 1.82) is 0 Å². The quantitative estimate of drug-likeness (QED) is 0.399. The molecule has 4 aromatic rings. The van der Waals surface area contributed by atoms with Gasteiger partial charge in [-0.25, -0.2) is 0 Å². The molecule has 33 heavy (non-hydrogen) atoms. The zero-order valence-corrected chi connectivity index (χ0v) is 20.7. The van der Waals surface area contributed by atoms with Crippen LogP contribution < -0.4 is 29.0 Å². The van der Waals surface area contributed by atoms with Gasteiger partial charge in [0.2, 0.25) is 11.4 Å². The molecule has 2 aromatic heterocycles. The SMILES string of the molecule is CCn1c(=O)/c(=C\N(C(C)=O)c2ccccc2)s/c1=C\c1sc2ccc(OC)cc2[n+]1CC. The Kier molecular flexibility index (Phi) is 6.76. The number of benzene rings is 2. The maximum atomic E-state index is 13.2. The highest BCUT2D eigenvalue weighted by atomic mass is 32.1. The number of hydrogen-bond donors (Lipinski definition) is 0. The maximum Gasteiger partial charge on any atom is 0.270 e. The molecule has 0 unspecified atom stereocenters. The highest BCUT2D eigenvalue weighted by Gasteiger charge is 2.19. The summed E-state index contributed by atoms with van der Waals surface area (Å²) in [5.74, 6) is 0.669. The average molecular weight is 481 g/mol. The van der Waals surface area contributed by atoms with Gasteiger partial charge in [0.1, 0.15) is 26.2 Å². The zero-order valence-electron chi connectivity index (χ0n) is 19.1. The first-order chi connectivity index (χ1) is 16.0. The summed E-state index contributed by atoms with van der Waals surface area (Å²) in [6.07, 6.45) is 3.71. The Balaban J connectivity index is 1.90. The number of aryl methyl sites for hydroxylation is 1. The van der Waals surface area contributed by atoms with E-state index >= 15 is 0 Å². The minimum absolute atomic E-state index is 0.0956. The number of amides is 1. The number of para-hydroxylation sites is 1. The van der Waals surface area contributed by atoms with Crippen LogP contribution in [0.4, 0.5) is 5.69 Å². The standard InChI is InChI=1S/C25H26N3O3S2/c1-5-26-20-14-19(31-4)12-13-21(20)32-23(26)15-24-27(6-2)25(30)22(33-24)16-28(17(3)29)18-10-8-7-9-11-18/h7-16H,5-6H2,1-4H3/q+1/b22-16+. The number of aromatic nitrogens is 2. The number of methoxy groups -OCH3 is 1. The Labute approximate surface area is 199 Å². The maximum absolute atomic E-state index is 13.2. The summed E-state index contributed by atoms with van der Waals surface area (Å²) in [4.78, 5) is 27.0. The van der Waals surface area contributed by atoms with Crippen molar-refractivity contribution < 1.29 is 14.1 Å². The molecule has 2 heterocycles. The molecule has 0 N–H and O–H groups in total. The summed E-state index contributed by atoms with van der Waals surface area (Å²) in [6.45, 7) is 6.90. The Hall–Kier alpha value is -3.23. The van der Waals surface area contributed by atoms with Crippen LogP contribution in [0.2, 0.25) is 0 Å².